The number of ether oxygens (including phenoxy) is 1. The molecule has 2 aromatic carbocycles. The lowest BCUT2D eigenvalue weighted by molar-refractivity contribution is 0.416. The molecule has 1 heterocycles. The highest BCUT2D eigenvalue weighted by Gasteiger charge is 2.18. The van der Waals surface area contributed by atoms with Gasteiger partial charge in [-0.15, -0.1) is 0 Å². The molecule has 0 atom stereocenters. The predicted octanol–water partition coefficient (Wildman–Crippen LogP) is 6.23. The smallest absolute Gasteiger partial charge is 0.128 e. The molecule has 0 saturated carbocycles. The van der Waals surface area contributed by atoms with Gasteiger partial charge in [-0.2, -0.15) is 0 Å². The molecule has 0 unspecified atom stereocenters. The van der Waals surface area contributed by atoms with E-state index in [-0.39, 0.29) is 0 Å². The Morgan fingerprint density at radius 2 is 1.93 bits per heavy atom. The number of hydrogen-bond donors (Lipinski definition) is 2. The van der Waals surface area contributed by atoms with Gasteiger partial charge in [0.1, 0.15) is 5.75 Å². The molecule has 27 heavy (non-hydrogen) atoms. The highest BCUT2D eigenvalue weighted by atomic mass is 79.9. The number of halogens is 1. The lowest BCUT2D eigenvalue weighted by atomic mass is 9.98. The van der Waals surface area contributed by atoms with Crippen LogP contribution in [0.5, 0.6) is 5.75 Å². The second kappa shape index (κ2) is 9.43. The Morgan fingerprint density at radius 1 is 1.07 bits per heavy atom. The van der Waals surface area contributed by atoms with Crippen LogP contribution in [-0.4, -0.2) is 18.6 Å². The second-order valence-electron chi connectivity index (χ2n) is 7.01. The van der Waals surface area contributed by atoms with Gasteiger partial charge in [0.05, 0.1) is 12.8 Å². The third-order valence-corrected chi connectivity index (χ3v) is 5.63. The normalized spacial score (nSPS) is 11.3. The summed E-state index contributed by atoms with van der Waals surface area (Å²) < 4.78 is 6.72. The molecule has 144 valence electrons. The first-order chi connectivity index (χ1) is 13.2. The number of H-pyrrole nitrogens is 1. The summed E-state index contributed by atoms with van der Waals surface area (Å²) in [6.45, 7) is 2.98. The number of hydrogen-bond acceptors (Lipinski definition) is 2. The minimum absolute atomic E-state index is 0.736. The summed E-state index contributed by atoms with van der Waals surface area (Å²) in [5, 5.41) is 1.33. The number of benzene rings is 2. The summed E-state index contributed by atoms with van der Waals surface area (Å²) in [4.78, 5) is 3.75. The van der Waals surface area contributed by atoms with Crippen LogP contribution in [0.2, 0.25) is 0 Å². The Labute approximate surface area is 170 Å². The molecule has 3 nitrogen and oxygen atoms in total. The molecule has 0 amide bonds. The Kier molecular flexibility index (Phi) is 6.97. The number of methoxy groups -OCH3 is 1. The van der Waals surface area contributed by atoms with E-state index in [1.807, 2.05) is 12.1 Å². The fourth-order valence-corrected chi connectivity index (χ4v) is 4.08. The van der Waals surface area contributed by atoms with E-state index in [1.54, 1.807) is 7.11 Å². The van der Waals surface area contributed by atoms with Crippen molar-refractivity contribution in [3.05, 3.63) is 52.0 Å². The van der Waals surface area contributed by atoms with Gasteiger partial charge in [0.15, 0.2) is 0 Å². The lowest BCUT2D eigenvalue weighted by Crippen LogP contribution is -1.99. The number of aryl methyl sites for hydroxylation is 2. The lowest BCUT2D eigenvalue weighted by Gasteiger charge is -2.10. The Morgan fingerprint density at radius 3 is 2.67 bits per heavy atom. The van der Waals surface area contributed by atoms with E-state index < -0.39 is 0 Å². The summed E-state index contributed by atoms with van der Waals surface area (Å²) in [5.74, 6) is 0.889. The molecule has 0 radical (unpaired) electrons. The molecule has 0 aliphatic rings. The van der Waals surface area contributed by atoms with Crippen LogP contribution in [0.25, 0.3) is 22.2 Å². The van der Waals surface area contributed by atoms with Gasteiger partial charge in [0.2, 0.25) is 0 Å². The summed E-state index contributed by atoms with van der Waals surface area (Å²) in [7, 11) is 1.73. The van der Waals surface area contributed by atoms with Crippen molar-refractivity contribution in [3.63, 3.8) is 0 Å². The van der Waals surface area contributed by atoms with Crippen molar-refractivity contribution in [2.45, 2.75) is 45.4 Å². The molecule has 0 spiro atoms. The van der Waals surface area contributed by atoms with Gasteiger partial charge in [-0.3, -0.25) is 0 Å². The molecule has 3 N–H and O–H groups in total. The SMILES string of the molecule is CCCCc1cccc2c(CCCCN)c(-c3cc(Br)ccc3OC)[nH]c12. The van der Waals surface area contributed by atoms with Gasteiger partial charge in [-0.1, -0.05) is 47.5 Å². The van der Waals surface area contributed by atoms with Crippen molar-refractivity contribution in [2.24, 2.45) is 5.73 Å². The second-order valence-corrected chi connectivity index (χ2v) is 7.93. The van der Waals surface area contributed by atoms with Gasteiger partial charge in [0, 0.05) is 20.9 Å². The predicted molar refractivity (Wildman–Crippen MR) is 119 cm³/mol. The third kappa shape index (κ3) is 4.39. The van der Waals surface area contributed by atoms with E-state index in [4.69, 9.17) is 10.5 Å². The first-order valence-corrected chi connectivity index (χ1v) is 10.6. The van der Waals surface area contributed by atoms with Crippen LogP contribution in [0.1, 0.15) is 43.7 Å². The molecular formula is C23H29BrN2O. The van der Waals surface area contributed by atoms with Crippen molar-refractivity contribution in [2.75, 3.05) is 13.7 Å². The van der Waals surface area contributed by atoms with Crippen LogP contribution in [0.3, 0.4) is 0 Å². The topological polar surface area (TPSA) is 51.0 Å². The average Bonchev–Trinajstić information content (AvgIpc) is 3.05. The maximum Gasteiger partial charge on any atom is 0.128 e. The zero-order valence-electron chi connectivity index (χ0n) is 16.3. The number of nitrogens with two attached hydrogens (primary N) is 1. The summed E-state index contributed by atoms with van der Waals surface area (Å²) in [6.07, 6.45) is 6.65. The molecule has 3 aromatic rings. The van der Waals surface area contributed by atoms with Crippen molar-refractivity contribution < 1.29 is 4.74 Å². The standard InChI is InChI=1S/C23H29BrN2O/c1-3-4-8-16-9-7-11-18-19(10-5-6-14-25)23(26-22(16)18)20-15-17(24)12-13-21(20)27-2/h7,9,11-13,15,26H,3-6,8,10,14,25H2,1-2H3. The number of rotatable bonds is 9. The number of fused-ring (bicyclic) bond motifs is 1. The van der Waals surface area contributed by atoms with Crippen molar-refractivity contribution in [1.82, 2.24) is 4.98 Å². The minimum Gasteiger partial charge on any atom is -0.496 e. The largest absolute Gasteiger partial charge is 0.496 e. The molecule has 1 aromatic heterocycles. The first kappa shape index (κ1) is 20.0. The highest BCUT2D eigenvalue weighted by molar-refractivity contribution is 9.10. The van der Waals surface area contributed by atoms with E-state index in [0.717, 1.165) is 48.0 Å². The molecule has 0 fully saturated rings. The summed E-state index contributed by atoms with van der Waals surface area (Å²) in [5.41, 5.74) is 12.1. The van der Waals surface area contributed by atoms with Crippen LogP contribution in [0.4, 0.5) is 0 Å². The summed E-state index contributed by atoms with van der Waals surface area (Å²) >= 11 is 3.62. The Balaban J connectivity index is 2.18. The fourth-order valence-electron chi connectivity index (χ4n) is 3.72. The van der Waals surface area contributed by atoms with Gasteiger partial charge < -0.3 is 15.5 Å². The van der Waals surface area contributed by atoms with Crippen LogP contribution in [0.15, 0.2) is 40.9 Å². The average molecular weight is 429 g/mol. The minimum atomic E-state index is 0.736. The zero-order valence-corrected chi connectivity index (χ0v) is 17.9. The fraction of sp³-hybridized carbons (Fsp3) is 0.391. The van der Waals surface area contributed by atoms with Gasteiger partial charge in [-0.25, -0.2) is 0 Å². The van der Waals surface area contributed by atoms with Crippen LogP contribution in [-0.2, 0) is 12.8 Å². The zero-order chi connectivity index (χ0) is 19.2. The van der Waals surface area contributed by atoms with Crippen LogP contribution < -0.4 is 10.5 Å². The maximum atomic E-state index is 5.74. The number of para-hydroxylation sites is 1. The number of aromatic nitrogens is 1. The highest BCUT2D eigenvalue weighted by Crippen LogP contribution is 2.39. The van der Waals surface area contributed by atoms with E-state index in [0.29, 0.717) is 0 Å². The Hall–Kier alpha value is -1.78. The van der Waals surface area contributed by atoms with Crippen molar-refractivity contribution in [3.8, 4) is 17.0 Å². The van der Waals surface area contributed by atoms with Crippen LogP contribution >= 0.6 is 15.9 Å². The van der Waals surface area contributed by atoms with Crippen LogP contribution in [0, 0.1) is 0 Å². The van der Waals surface area contributed by atoms with E-state index in [1.165, 1.54) is 40.6 Å². The van der Waals surface area contributed by atoms with E-state index in [2.05, 4.69) is 52.1 Å². The molecule has 0 aliphatic heterocycles. The molecular weight excluding hydrogens is 400 g/mol. The molecule has 3 rings (SSSR count). The van der Waals surface area contributed by atoms with Gasteiger partial charge in [0.25, 0.3) is 0 Å². The number of unbranched alkanes of at least 4 members (excludes halogenated alkanes) is 2. The van der Waals surface area contributed by atoms with E-state index >= 15 is 0 Å². The molecule has 0 bridgehead atoms. The van der Waals surface area contributed by atoms with Crippen molar-refractivity contribution >= 4 is 26.8 Å². The monoisotopic (exact) mass is 428 g/mol. The number of nitrogens with one attached hydrogen (secondary N) is 1. The summed E-state index contributed by atoms with van der Waals surface area (Å²) in [6, 6.07) is 12.9. The maximum absolute atomic E-state index is 5.74. The number of aromatic amines is 1. The third-order valence-electron chi connectivity index (χ3n) is 5.14. The van der Waals surface area contributed by atoms with E-state index in [9.17, 15) is 0 Å². The Bertz CT molecular complexity index is 901. The molecule has 4 heteroatoms. The van der Waals surface area contributed by atoms with Crippen molar-refractivity contribution in [1.29, 1.82) is 0 Å². The first-order valence-electron chi connectivity index (χ1n) is 9.86. The van der Waals surface area contributed by atoms with Gasteiger partial charge >= 0.3 is 0 Å². The quantitative estimate of drug-likeness (QED) is 0.396. The molecule has 0 aliphatic carbocycles. The van der Waals surface area contributed by atoms with Gasteiger partial charge in [-0.05, 0) is 68.0 Å². The molecule has 0 saturated heterocycles.